The first-order chi connectivity index (χ1) is 19.6. The lowest BCUT2D eigenvalue weighted by Gasteiger charge is -2.35. The van der Waals surface area contributed by atoms with Crippen molar-refractivity contribution >= 4 is 17.7 Å². The van der Waals surface area contributed by atoms with E-state index in [1.807, 2.05) is 44.2 Å². The minimum Gasteiger partial charge on any atom is -0.492 e. The van der Waals surface area contributed by atoms with E-state index in [1.54, 1.807) is 6.07 Å². The second-order valence-electron chi connectivity index (χ2n) is 10.7. The van der Waals surface area contributed by atoms with Gasteiger partial charge in [0.2, 0.25) is 17.7 Å². The number of aryl methyl sites for hydroxylation is 1. The molecule has 1 aliphatic rings. The number of aliphatic hydroxyl groups is 1. The molecule has 0 aliphatic carbocycles. The zero-order chi connectivity index (χ0) is 29.9. The van der Waals surface area contributed by atoms with Crippen LogP contribution < -0.4 is 20.7 Å². The highest BCUT2D eigenvalue weighted by Gasteiger charge is 2.37. The summed E-state index contributed by atoms with van der Waals surface area (Å²) in [6, 6.07) is 10.9. The highest BCUT2D eigenvalue weighted by Crippen LogP contribution is 2.22. The Labute approximate surface area is 241 Å². The molecule has 0 aromatic heterocycles. The van der Waals surface area contributed by atoms with Crippen molar-refractivity contribution < 1.29 is 28.6 Å². The van der Waals surface area contributed by atoms with Crippen LogP contribution in [-0.2, 0) is 27.2 Å². The first-order valence-electron chi connectivity index (χ1n) is 14.3. The van der Waals surface area contributed by atoms with Crippen molar-refractivity contribution in [3.63, 3.8) is 0 Å². The number of likely N-dealkylation sites (N-methyl/N-ethyl adjacent to an activating group) is 1. The van der Waals surface area contributed by atoms with Crippen LogP contribution in [0.2, 0.25) is 0 Å². The van der Waals surface area contributed by atoms with Crippen molar-refractivity contribution in [1.82, 2.24) is 20.9 Å². The maximum absolute atomic E-state index is 14.0. The molecule has 4 N–H and O–H groups in total. The fourth-order valence-corrected chi connectivity index (χ4v) is 5.02. The van der Waals surface area contributed by atoms with Gasteiger partial charge in [-0.3, -0.25) is 14.4 Å². The molecule has 0 bridgehead atoms. The highest BCUT2D eigenvalue weighted by molar-refractivity contribution is 5.93. The Balaban J connectivity index is 1.93. The van der Waals surface area contributed by atoms with E-state index >= 15 is 0 Å². The average molecular weight is 571 g/mol. The predicted octanol–water partition coefficient (Wildman–Crippen LogP) is 2.21. The van der Waals surface area contributed by atoms with Gasteiger partial charge in [-0.15, -0.1) is 0 Å². The zero-order valence-corrected chi connectivity index (χ0v) is 24.4. The number of nitrogens with one attached hydrogen (secondary N) is 3. The number of amides is 3. The van der Waals surface area contributed by atoms with Crippen LogP contribution in [-0.4, -0.2) is 78.7 Å². The normalized spacial score (nSPS) is 23.2. The van der Waals surface area contributed by atoms with Crippen molar-refractivity contribution in [1.29, 1.82) is 0 Å². The molecule has 3 rings (SSSR count). The molecule has 2 aromatic rings. The van der Waals surface area contributed by atoms with E-state index in [2.05, 4.69) is 16.0 Å². The topological polar surface area (TPSA) is 120 Å². The lowest BCUT2D eigenvalue weighted by molar-refractivity contribution is -0.146. The number of hydrogen-bond donors (Lipinski definition) is 4. The molecule has 0 spiro atoms. The molecule has 1 heterocycles. The number of benzene rings is 2. The van der Waals surface area contributed by atoms with Gasteiger partial charge in [-0.05, 0) is 42.9 Å². The molecule has 3 amide bonds. The van der Waals surface area contributed by atoms with Crippen molar-refractivity contribution in [2.75, 3.05) is 26.7 Å². The number of rotatable bonds is 5. The number of halogens is 1. The summed E-state index contributed by atoms with van der Waals surface area (Å²) in [6.45, 7) is 6.17. The Bertz CT molecular complexity index is 1160. The van der Waals surface area contributed by atoms with Gasteiger partial charge >= 0.3 is 0 Å². The molecule has 224 valence electrons. The summed E-state index contributed by atoms with van der Waals surface area (Å²) >= 11 is 0. The molecular weight excluding hydrogens is 527 g/mol. The fourth-order valence-electron chi connectivity index (χ4n) is 5.02. The quantitative estimate of drug-likeness (QED) is 0.438. The van der Waals surface area contributed by atoms with Crippen LogP contribution in [0.15, 0.2) is 48.5 Å². The molecule has 0 saturated carbocycles. The Morgan fingerprint density at radius 3 is 2.49 bits per heavy atom. The number of aliphatic hydroxyl groups excluding tert-OH is 1. The summed E-state index contributed by atoms with van der Waals surface area (Å²) in [5.74, 6) is -1.44. The third-order valence-electron chi connectivity index (χ3n) is 7.56. The van der Waals surface area contributed by atoms with Gasteiger partial charge in [0.05, 0.1) is 12.1 Å². The maximum Gasteiger partial charge on any atom is 0.246 e. The molecule has 2 unspecified atom stereocenters. The Morgan fingerprint density at radius 1 is 1.07 bits per heavy atom. The monoisotopic (exact) mass is 570 g/mol. The number of nitrogens with zero attached hydrogens (tertiary/aromatic N) is 1. The molecule has 9 nitrogen and oxygen atoms in total. The number of fused-ring (bicyclic) bond motifs is 1. The highest BCUT2D eigenvalue weighted by atomic mass is 19.1. The third kappa shape index (κ3) is 8.99. The lowest BCUT2D eigenvalue weighted by Crippen LogP contribution is -2.61. The minimum atomic E-state index is -1.22. The summed E-state index contributed by atoms with van der Waals surface area (Å²) in [4.78, 5) is 41.8. The summed E-state index contributed by atoms with van der Waals surface area (Å²) in [5, 5.41) is 19.5. The molecule has 41 heavy (non-hydrogen) atoms. The smallest absolute Gasteiger partial charge is 0.246 e. The largest absolute Gasteiger partial charge is 0.492 e. The molecule has 1 aliphatic heterocycles. The summed E-state index contributed by atoms with van der Waals surface area (Å²) in [7, 11) is 1.48. The van der Waals surface area contributed by atoms with Gasteiger partial charge < -0.3 is 30.7 Å². The van der Waals surface area contributed by atoms with Crippen molar-refractivity contribution in [2.45, 2.75) is 70.7 Å². The van der Waals surface area contributed by atoms with Gasteiger partial charge in [-0.1, -0.05) is 56.7 Å². The Kier molecular flexibility index (Phi) is 12.1. The van der Waals surface area contributed by atoms with Crippen LogP contribution in [0.3, 0.4) is 0 Å². The van der Waals surface area contributed by atoms with E-state index in [0.29, 0.717) is 38.1 Å². The van der Waals surface area contributed by atoms with Crippen LogP contribution in [0.5, 0.6) is 5.75 Å². The van der Waals surface area contributed by atoms with Gasteiger partial charge in [0, 0.05) is 32.6 Å². The number of carbonyl (C=O) groups is 3. The third-order valence-corrected chi connectivity index (χ3v) is 7.56. The second-order valence-corrected chi connectivity index (χ2v) is 10.7. The Hall–Kier alpha value is -3.50. The van der Waals surface area contributed by atoms with E-state index in [-0.39, 0.29) is 30.8 Å². The van der Waals surface area contributed by atoms with E-state index in [0.717, 1.165) is 11.1 Å². The SMILES string of the molecule is CCC(C)[C@@H]1NCCOc2cc(F)ccc2CCCNC(=O)[C@@H](Cc2ccccc2)NC(=O)[C@H](C(C)O)N(C)C1=O. The van der Waals surface area contributed by atoms with Crippen molar-refractivity contribution in [2.24, 2.45) is 5.92 Å². The molecule has 2 aromatic carbocycles. The molecule has 0 fully saturated rings. The van der Waals surface area contributed by atoms with E-state index in [4.69, 9.17) is 4.74 Å². The van der Waals surface area contributed by atoms with E-state index in [1.165, 1.54) is 31.0 Å². The summed E-state index contributed by atoms with van der Waals surface area (Å²) in [5.41, 5.74) is 1.66. The van der Waals surface area contributed by atoms with E-state index in [9.17, 15) is 23.9 Å². The first kappa shape index (κ1) is 32.0. The van der Waals surface area contributed by atoms with Crippen LogP contribution in [0.25, 0.3) is 0 Å². The van der Waals surface area contributed by atoms with Gasteiger partial charge in [0.15, 0.2) is 0 Å². The van der Waals surface area contributed by atoms with Gasteiger partial charge in [0.1, 0.15) is 30.3 Å². The predicted molar refractivity (Wildman–Crippen MR) is 155 cm³/mol. The number of hydrogen-bond acceptors (Lipinski definition) is 6. The standard InChI is InChI=1S/C31H43FN4O5/c1-5-20(2)27-31(40)36(4)28(21(3)37)30(39)35-25(18-22-10-7-6-8-11-22)29(38)34-15-9-12-23-13-14-24(32)19-26(23)41-17-16-33-27/h6-8,10-11,13-14,19-21,25,27-28,33,37H,5,9,12,15-18H2,1-4H3,(H,34,38)(H,35,39)/t20?,21?,25-,27+,28+/m1/s1. The van der Waals surface area contributed by atoms with E-state index < -0.39 is 36.0 Å². The Morgan fingerprint density at radius 2 is 1.80 bits per heavy atom. The minimum absolute atomic E-state index is 0.0883. The zero-order valence-electron chi connectivity index (χ0n) is 24.4. The van der Waals surface area contributed by atoms with Crippen molar-refractivity contribution in [3.8, 4) is 5.75 Å². The van der Waals surface area contributed by atoms with Crippen LogP contribution in [0.4, 0.5) is 4.39 Å². The van der Waals surface area contributed by atoms with Gasteiger partial charge in [0.25, 0.3) is 0 Å². The summed E-state index contributed by atoms with van der Waals surface area (Å²) in [6.07, 6.45) is 0.846. The lowest BCUT2D eigenvalue weighted by atomic mass is 9.96. The summed E-state index contributed by atoms with van der Waals surface area (Å²) < 4.78 is 19.9. The second kappa shape index (κ2) is 15.5. The molecule has 10 heteroatoms. The molecular formula is C31H43FN4O5. The average Bonchev–Trinajstić information content (AvgIpc) is 2.95. The molecule has 5 atom stereocenters. The van der Waals surface area contributed by atoms with Crippen molar-refractivity contribution in [3.05, 3.63) is 65.5 Å². The molecule has 0 radical (unpaired) electrons. The van der Waals surface area contributed by atoms with Crippen LogP contribution in [0, 0.1) is 11.7 Å². The first-order valence-corrected chi connectivity index (χ1v) is 14.3. The van der Waals surface area contributed by atoms with Crippen LogP contribution in [0.1, 0.15) is 44.7 Å². The van der Waals surface area contributed by atoms with Gasteiger partial charge in [-0.25, -0.2) is 4.39 Å². The van der Waals surface area contributed by atoms with Gasteiger partial charge in [-0.2, -0.15) is 0 Å². The fraction of sp³-hybridized carbons (Fsp3) is 0.516. The maximum atomic E-state index is 14.0. The number of carbonyl (C=O) groups excluding carboxylic acids is 3. The molecule has 0 saturated heterocycles. The van der Waals surface area contributed by atoms with Crippen LogP contribution >= 0.6 is 0 Å². The number of ether oxygens (including phenoxy) is 1.